The van der Waals surface area contributed by atoms with Gasteiger partial charge in [0.2, 0.25) is 0 Å². The summed E-state index contributed by atoms with van der Waals surface area (Å²) in [5.41, 5.74) is 0.904. The normalized spacial score (nSPS) is 16.1. The predicted molar refractivity (Wildman–Crippen MR) is 84.0 cm³/mol. The lowest BCUT2D eigenvalue weighted by atomic mass is 10.1. The molecule has 2 aromatic rings. The van der Waals surface area contributed by atoms with Crippen molar-refractivity contribution in [1.82, 2.24) is 19.7 Å². The highest BCUT2D eigenvalue weighted by Gasteiger charge is 2.15. The van der Waals surface area contributed by atoms with E-state index in [0.29, 0.717) is 0 Å². The molecule has 5 nitrogen and oxygen atoms in total. The van der Waals surface area contributed by atoms with Crippen LogP contribution in [0.4, 0.5) is 5.82 Å². The first-order chi connectivity index (χ1) is 9.78. The fourth-order valence-corrected chi connectivity index (χ4v) is 3.91. The Labute approximate surface area is 123 Å². The van der Waals surface area contributed by atoms with Gasteiger partial charge < -0.3 is 5.32 Å². The number of nitrogens with zero attached hydrogens (tertiary/aromatic N) is 4. The molecule has 1 fully saturated rings. The van der Waals surface area contributed by atoms with E-state index in [1.54, 1.807) is 0 Å². The van der Waals surface area contributed by atoms with Crippen LogP contribution in [0.1, 0.15) is 31.5 Å². The Bertz CT molecular complexity index is 589. The summed E-state index contributed by atoms with van der Waals surface area (Å²) in [4.78, 5) is 9.24. The topological polar surface area (TPSA) is 55.6 Å². The van der Waals surface area contributed by atoms with Crippen molar-refractivity contribution in [1.29, 1.82) is 0 Å². The van der Waals surface area contributed by atoms with Crippen LogP contribution in [-0.2, 0) is 12.8 Å². The van der Waals surface area contributed by atoms with Crippen molar-refractivity contribution in [2.45, 2.75) is 31.4 Å². The van der Waals surface area contributed by atoms with Gasteiger partial charge in [-0.25, -0.2) is 9.97 Å². The minimum absolute atomic E-state index is 0.875. The molecule has 1 aliphatic rings. The average Bonchev–Trinajstić information content (AvgIpc) is 3.09. The number of aryl methyl sites for hydroxylation is 1. The van der Waals surface area contributed by atoms with Crippen LogP contribution in [0.2, 0.25) is 0 Å². The molecule has 0 unspecified atom stereocenters. The van der Waals surface area contributed by atoms with Crippen LogP contribution in [0.25, 0.3) is 11.0 Å². The smallest absolute Gasteiger partial charge is 0.163 e. The Morgan fingerprint density at radius 1 is 1.35 bits per heavy atom. The van der Waals surface area contributed by atoms with Crippen LogP contribution in [0.3, 0.4) is 0 Å². The van der Waals surface area contributed by atoms with Gasteiger partial charge in [-0.05, 0) is 24.5 Å². The predicted octanol–water partition coefficient (Wildman–Crippen LogP) is 2.83. The minimum atomic E-state index is 0.875. The Kier molecular flexibility index (Phi) is 4.10. The van der Waals surface area contributed by atoms with Gasteiger partial charge in [0.05, 0.1) is 17.3 Å². The van der Waals surface area contributed by atoms with E-state index in [1.807, 2.05) is 36.7 Å². The minimum Gasteiger partial charge on any atom is -0.372 e. The summed E-state index contributed by atoms with van der Waals surface area (Å²) >= 11 is 1.96. The molecule has 3 rings (SSSR count). The maximum absolute atomic E-state index is 4.64. The second kappa shape index (κ2) is 5.99. The zero-order chi connectivity index (χ0) is 13.9. The molecule has 0 aromatic carbocycles. The highest BCUT2D eigenvalue weighted by Crippen LogP contribution is 2.29. The van der Waals surface area contributed by atoms with E-state index in [2.05, 4.69) is 20.4 Å². The van der Waals surface area contributed by atoms with E-state index in [-0.39, 0.29) is 0 Å². The number of aromatic nitrogens is 4. The van der Waals surface area contributed by atoms with Crippen molar-refractivity contribution in [2.24, 2.45) is 13.0 Å². The number of thioether (sulfide) groups is 1. The lowest BCUT2D eigenvalue weighted by molar-refractivity contribution is 0.623. The maximum atomic E-state index is 4.64. The van der Waals surface area contributed by atoms with Gasteiger partial charge in [0, 0.05) is 14.1 Å². The van der Waals surface area contributed by atoms with Crippen molar-refractivity contribution < 1.29 is 0 Å². The first-order valence-electron chi connectivity index (χ1n) is 7.22. The summed E-state index contributed by atoms with van der Waals surface area (Å²) in [6.07, 6.45) is 7.43. The summed E-state index contributed by atoms with van der Waals surface area (Å²) in [6, 6.07) is 0. The average molecular weight is 291 g/mol. The standard InChI is InChI=1S/C14H21N5S/c1-15-13-11-7-16-19(2)14(11)18-12(17-13)9-20-8-10-5-3-4-6-10/h7,10H,3-6,8-9H2,1-2H3,(H,15,17,18). The molecule has 0 amide bonds. The Morgan fingerprint density at radius 3 is 2.90 bits per heavy atom. The van der Waals surface area contributed by atoms with E-state index in [4.69, 9.17) is 0 Å². The molecular formula is C14H21N5S. The second-order valence-electron chi connectivity index (χ2n) is 5.41. The Hall–Kier alpha value is -1.30. The van der Waals surface area contributed by atoms with Crippen LogP contribution < -0.4 is 5.32 Å². The molecule has 0 atom stereocenters. The quantitative estimate of drug-likeness (QED) is 0.918. The molecule has 0 spiro atoms. The van der Waals surface area contributed by atoms with Gasteiger partial charge in [0.15, 0.2) is 5.65 Å². The monoisotopic (exact) mass is 291 g/mol. The van der Waals surface area contributed by atoms with E-state index >= 15 is 0 Å². The third kappa shape index (κ3) is 2.75. The first kappa shape index (κ1) is 13.7. The SMILES string of the molecule is CNc1nc(CSCC2CCCC2)nc2c1cnn2C. The van der Waals surface area contributed by atoms with Crippen LogP contribution >= 0.6 is 11.8 Å². The third-order valence-corrected chi connectivity index (χ3v) is 5.10. The van der Waals surface area contributed by atoms with Crippen molar-refractivity contribution >= 4 is 28.6 Å². The molecule has 1 aliphatic carbocycles. The van der Waals surface area contributed by atoms with E-state index in [0.717, 1.165) is 34.3 Å². The van der Waals surface area contributed by atoms with Gasteiger partial charge in [-0.15, -0.1) is 0 Å². The van der Waals surface area contributed by atoms with Crippen LogP contribution in [0.15, 0.2) is 6.20 Å². The molecular weight excluding hydrogens is 270 g/mol. The van der Waals surface area contributed by atoms with Crippen molar-refractivity contribution in [3.8, 4) is 0 Å². The van der Waals surface area contributed by atoms with Crippen LogP contribution in [-0.4, -0.2) is 32.5 Å². The number of nitrogens with one attached hydrogen (secondary N) is 1. The molecule has 0 bridgehead atoms. The molecule has 2 aromatic heterocycles. The number of rotatable bonds is 5. The van der Waals surface area contributed by atoms with Gasteiger partial charge in [0.25, 0.3) is 0 Å². The number of fused-ring (bicyclic) bond motifs is 1. The molecule has 0 radical (unpaired) electrons. The summed E-state index contributed by atoms with van der Waals surface area (Å²) < 4.78 is 1.81. The van der Waals surface area contributed by atoms with Crippen LogP contribution in [0, 0.1) is 5.92 Å². The summed E-state index contributed by atoms with van der Waals surface area (Å²) in [6.45, 7) is 0. The second-order valence-corrected chi connectivity index (χ2v) is 6.44. The maximum Gasteiger partial charge on any atom is 0.163 e. The van der Waals surface area contributed by atoms with Gasteiger partial charge in [-0.3, -0.25) is 4.68 Å². The van der Waals surface area contributed by atoms with E-state index < -0.39 is 0 Å². The van der Waals surface area contributed by atoms with Crippen molar-refractivity contribution in [3.63, 3.8) is 0 Å². The van der Waals surface area contributed by atoms with Crippen LogP contribution in [0.5, 0.6) is 0 Å². The third-order valence-electron chi connectivity index (χ3n) is 3.93. The van der Waals surface area contributed by atoms with Gasteiger partial charge in [-0.1, -0.05) is 12.8 Å². The van der Waals surface area contributed by atoms with Gasteiger partial charge in [0.1, 0.15) is 11.6 Å². The molecule has 1 saturated carbocycles. The zero-order valence-electron chi connectivity index (χ0n) is 12.1. The molecule has 20 heavy (non-hydrogen) atoms. The number of hydrogen-bond donors (Lipinski definition) is 1. The molecule has 2 heterocycles. The lowest BCUT2D eigenvalue weighted by Crippen LogP contribution is -2.03. The van der Waals surface area contributed by atoms with E-state index in [1.165, 1.54) is 31.4 Å². The van der Waals surface area contributed by atoms with Gasteiger partial charge in [-0.2, -0.15) is 16.9 Å². The summed E-state index contributed by atoms with van der Waals surface area (Å²) in [5.74, 6) is 4.80. The summed E-state index contributed by atoms with van der Waals surface area (Å²) in [7, 11) is 3.81. The largest absolute Gasteiger partial charge is 0.372 e. The lowest BCUT2D eigenvalue weighted by Gasteiger charge is -2.09. The van der Waals surface area contributed by atoms with Gasteiger partial charge >= 0.3 is 0 Å². The molecule has 1 N–H and O–H groups in total. The summed E-state index contributed by atoms with van der Waals surface area (Å²) in [5, 5.41) is 8.38. The molecule has 6 heteroatoms. The van der Waals surface area contributed by atoms with Crippen molar-refractivity contribution in [3.05, 3.63) is 12.0 Å². The molecule has 0 aliphatic heterocycles. The molecule has 108 valence electrons. The fourth-order valence-electron chi connectivity index (χ4n) is 2.82. The highest BCUT2D eigenvalue weighted by molar-refractivity contribution is 7.98. The first-order valence-corrected chi connectivity index (χ1v) is 8.37. The van der Waals surface area contributed by atoms with Crippen molar-refractivity contribution in [2.75, 3.05) is 18.1 Å². The highest BCUT2D eigenvalue weighted by atomic mass is 32.2. The Morgan fingerprint density at radius 2 is 2.15 bits per heavy atom. The number of anilines is 1. The molecule has 0 saturated heterocycles. The zero-order valence-corrected chi connectivity index (χ0v) is 12.9. The Balaban J connectivity index is 1.72. The van der Waals surface area contributed by atoms with E-state index in [9.17, 15) is 0 Å². The number of hydrogen-bond acceptors (Lipinski definition) is 5. The fraction of sp³-hybridized carbons (Fsp3) is 0.643.